The van der Waals surface area contributed by atoms with Crippen molar-refractivity contribution in [1.29, 1.82) is 0 Å². The summed E-state index contributed by atoms with van der Waals surface area (Å²) < 4.78 is 25.7. The SMILES string of the molecule is C[C@H]1C[C@@H](CN)CC(F)(F)C1. The Morgan fingerprint density at radius 1 is 1.45 bits per heavy atom. The Hall–Kier alpha value is -0.180. The van der Waals surface area contributed by atoms with Crippen LogP contribution in [0.2, 0.25) is 0 Å². The predicted octanol–water partition coefficient (Wildman–Crippen LogP) is 2.02. The third kappa shape index (κ3) is 2.40. The summed E-state index contributed by atoms with van der Waals surface area (Å²) in [5, 5.41) is 0. The molecular formula is C8H15F2N. The van der Waals surface area contributed by atoms with Crippen LogP contribution in [0.4, 0.5) is 8.78 Å². The van der Waals surface area contributed by atoms with Gasteiger partial charge in [-0.05, 0) is 24.8 Å². The molecule has 0 saturated heterocycles. The van der Waals surface area contributed by atoms with Gasteiger partial charge in [0.25, 0.3) is 0 Å². The minimum atomic E-state index is -2.46. The van der Waals surface area contributed by atoms with Gasteiger partial charge in [0.05, 0.1) is 0 Å². The molecule has 0 radical (unpaired) electrons. The molecule has 0 aromatic carbocycles. The van der Waals surface area contributed by atoms with Crippen LogP contribution in [0, 0.1) is 11.8 Å². The molecule has 3 heteroatoms. The van der Waals surface area contributed by atoms with E-state index in [-0.39, 0.29) is 24.7 Å². The lowest BCUT2D eigenvalue weighted by Gasteiger charge is -2.32. The molecule has 0 amide bonds. The molecule has 1 nitrogen and oxygen atoms in total. The van der Waals surface area contributed by atoms with E-state index in [0.717, 1.165) is 6.42 Å². The summed E-state index contributed by atoms with van der Waals surface area (Å²) in [5.74, 6) is -2.29. The summed E-state index contributed by atoms with van der Waals surface area (Å²) in [6.45, 7) is 2.27. The summed E-state index contributed by atoms with van der Waals surface area (Å²) in [7, 11) is 0. The lowest BCUT2D eigenvalue weighted by Crippen LogP contribution is -2.34. The minimum absolute atomic E-state index is 0.00611. The number of halogens is 2. The van der Waals surface area contributed by atoms with Gasteiger partial charge in [0.2, 0.25) is 5.92 Å². The van der Waals surface area contributed by atoms with Crippen molar-refractivity contribution in [3.63, 3.8) is 0 Å². The Bertz CT molecular complexity index is 136. The fourth-order valence-electron chi connectivity index (χ4n) is 1.93. The van der Waals surface area contributed by atoms with Gasteiger partial charge in [-0.2, -0.15) is 0 Å². The summed E-state index contributed by atoms with van der Waals surface area (Å²) in [5.41, 5.74) is 5.35. The average molecular weight is 163 g/mol. The Balaban J connectivity index is 2.51. The lowest BCUT2D eigenvalue weighted by molar-refractivity contribution is -0.0676. The van der Waals surface area contributed by atoms with Gasteiger partial charge in [-0.15, -0.1) is 0 Å². The highest BCUT2D eigenvalue weighted by Crippen LogP contribution is 2.39. The van der Waals surface area contributed by atoms with Crippen LogP contribution < -0.4 is 5.73 Å². The molecule has 1 saturated carbocycles. The molecule has 0 aliphatic heterocycles. The number of hydrogen-bond acceptors (Lipinski definition) is 1. The van der Waals surface area contributed by atoms with Crippen molar-refractivity contribution in [2.24, 2.45) is 17.6 Å². The monoisotopic (exact) mass is 163 g/mol. The molecule has 1 rings (SSSR count). The number of alkyl halides is 2. The van der Waals surface area contributed by atoms with E-state index in [1.54, 1.807) is 0 Å². The standard InChI is InChI=1S/C8H15F2N/c1-6-2-7(5-11)4-8(9,10)3-6/h6-7H,2-5,11H2,1H3/t6-,7+/m0/s1. The Labute approximate surface area is 66.0 Å². The third-order valence-electron chi connectivity index (χ3n) is 2.30. The van der Waals surface area contributed by atoms with E-state index in [9.17, 15) is 8.78 Å². The normalized spacial score (nSPS) is 37.1. The summed E-state index contributed by atoms with van der Waals surface area (Å²) in [6, 6.07) is 0. The molecule has 0 unspecified atom stereocenters. The van der Waals surface area contributed by atoms with E-state index >= 15 is 0 Å². The van der Waals surface area contributed by atoms with Gasteiger partial charge < -0.3 is 5.73 Å². The van der Waals surface area contributed by atoms with Gasteiger partial charge >= 0.3 is 0 Å². The first-order chi connectivity index (χ1) is 5.03. The Morgan fingerprint density at radius 3 is 2.55 bits per heavy atom. The highest BCUT2D eigenvalue weighted by Gasteiger charge is 2.38. The maximum Gasteiger partial charge on any atom is 0.248 e. The summed E-state index contributed by atoms with van der Waals surface area (Å²) in [6.07, 6.45) is 0.906. The second kappa shape index (κ2) is 3.05. The van der Waals surface area contributed by atoms with Crippen molar-refractivity contribution in [3.05, 3.63) is 0 Å². The zero-order chi connectivity index (χ0) is 8.48. The second-order valence-electron chi connectivity index (χ2n) is 3.71. The predicted molar refractivity (Wildman–Crippen MR) is 40.5 cm³/mol. The van der Waals surface area contributed by atoms with Gasteiger partial charge in [0.15, 0.2) is 0 Å². The fourth-order valence-corrected chi connectivity index (χ4v) is 1.93. The van der Waals surface area contributed by atoms with Gasteiger partial charge in [-0.3, -0.25) is 0 Å². The first-order valence-corrected chi connectivity index (χ1v) is 4.11. The maximum atomic E-state index is 12.8. The van der Waals surface area contributed by atoms with Crippen LogP contribution in [0.1, 0.15) is 26.2 Å². The first-order valence-electron chi connectivity index (χ1n) is 4.11. The van der Waals surface area contributed by atoms with E-state index in [1.165, 1.54) is 0 Å². The molecular weight excluding hydrogens is 148 g/mol. The largest absolute Gasteiger partial charge is 0.330 e. The van der Waals surface area contributed by atoms with Crippen LogP contribution in [0.25, 0.3) is 0 Å². The van der Waals surface area contributed by atoms with Crippen molar-refractivity contribution in [2.75, 3.05) is 6.54 Å². The maximum absolute atomic E-state index is 12.8. The molecule has 66 valence electrons. The van der Waals surface area contributed by atoms with Gasteiger partial charge in [-0.1, -0.05) is 6.92 Å². The number of nitrogens with two attached hydrogens (primary N) is 1. The lowest BCUT2D eigenvalue weighted by atomic mass is 9.80. The van der Waals surface area contributed by atoms with E-state index < -0.39 is 5.92 Å². The molecule has 2 N–H and O–H groups in total. The van der Waals surface area contributed by atoms with Crippen LogP contribution in [0.3, 0.4) is 0 Å². The Kier molecular flexibility index (Phi) is 2.47. The van der Waals surface area contributed by atoms with Crippen LogP contribution in [0.15, 0.2) is 0 Å². The quantitative estimate of drug-likeness (QED) is 0.628. The minimum Gasteiger partial charge on any atom is -0.330 e. The topological polar surface area (TPSA) is 26.0 Å². The van der Waals surface area contributed by atoms with Gasteiger partial charge in [0.1, 0.15) is 0 Å². The molecule has 1 fully saturated rings. The highest BCUT2D eigenvalue weighted by molar-refractivity contribution is 4.82. The molecule has 1 aliphatic carbocycles. The van der Waals surface area contributed by atoms with Crippen molar-refractivity contribution < 1.29 is 8.78 Å². The third-order valence-corrected chi connectivity index (χ3v) is 2.30. The smallest absolute Gasteiger partial charge is 0.248 e. The second-order valence-corrected chi connectivity index (χ2v) is 3.71. The Morgan fingerprint density at radius 2 is 2.09 bits per heavy atom. The van der Waals surface area contributed by atoms with Crippen LogP contribution in [-0.2, 0) is 0 Å². The summed E-state index contributed by atoms with van der Waals surface area (Å²) in [4.78, 5) is 0. The van der Waals surface area contributed by atoms with Gasteiger partial charge in [-0.25, -0.2) is 8.78 Å². The van der Waals surface area contributed by atoms with Crippen molar-refractivity contribution in [1.82, 2.24) is 0 Å². The number of hydrogen-bond donors (Lipinski definition) is 1. The molecule has 2 atom stereocenters. The zero-order valence-electron chi connectivity index (χ0n) is 6.82. The average Bonchev–Trinajstić information content (AvgIpc) is 1.83. The van der Waals surface area contributed by atoms with Crippen LogP contribution in [0.5, 0.6) is 0 Å². The molecule has 0 aromatic rings. The van der Waals surface area contributed by atoms with Crippen LogP contribution >= 0.6 is 0 Å². The van der Waals surface area contributed by atoms with E-state index in [2.05, 4.69) is 0 Å². The van der Waals surface area contributed by atoms with Crippen molar-refractivity contribution in [2.45, 2.75) is 32.1 Å². The van der Waals surface area contributed by atoms with E-state index in [4.69, 9.17) is 5.73 Å². The molecule has 11 heavy (non-hydrogen) atoms. The van der Waals surface area contributed by atoms with Gasteiger partial charge in [0, 0.05) is 12.8 Å². The van der Waals surface area contributed by atoms with Crippen molar-refractivity contribution in [3.8, 4) is 0 Å². The molecule has 0 spiro atoms. The van der Waals surface area contributed by atoms with Crippen LogP contribution in [-0.4, -0.2) is 12.5 Å². The molecule has 0 aromatic heterocycles. The van der Waals surface area contributed by atoms with E-state index in [1.807, 2.05) is 6.92 Å². The first kappa shape index (κ1) is 8.91. The van der Waals surface area contributed by atoms with E-state index in [0.29, 0.717) is 6.54 Å². The number of rotatable bonds is 1. The molecule has 0 heterocycles. The zero-order valence-corrected chi connectivity index (χ0v) is 6.82. The fraction of sp³-hybridized carbons (Fsp3) is 1.00. The molecule has 0 bridgehead atoms. The summed E-state index contributed by atoms with van der Waals surface area (Å²) >= 11 is 0. The highest BCUT2D eigenvalue weighted by atomic mass is 19.3. The van der Waals surface area contributed by atoms with Crippen molar-refractivity contribution >= 4 is 0 Å². The molecule has 1 aliphatic rings.